The second-order valence-electron chi connectivity index (χ2n) is 6.23. The SMILES string of the molecule is Cc1ccc(S(=O)(=O)N2CCCC2c2nc3ccccc3[nH]2)cc1. The van der Waals surface area contributed by atoms with Crippen LogP contribution in [0.25, 0.3) is 11.0 Å². The van der Waals surface area contributed by atoms with Crippen molar-refractivity contribution in [3.63, 3.8) is 0 Å². The van der Waals surface area contributed by atoms with Crippen molar-refractivity contribution >= 4 is 21.1 Å². The number of para-hydroxylation sites is 2. The van der Waals surface area contributed by atoms with Gasteiger partial charge < -0.3 is 4.98 Å². The number of imidazole rings is 1. The molecule has 0 aliphatic carbocycles. The Bertz CT molecular complexity index is 944. The molecule has 124 valence electrons. The summed E-state index contributed by atoms with van der Waals surface area (Å²) in [5.41, 5.74) is 2.85. The van der Waals surface area contributed by atoms with Crippen LogP contribution in [0.3, 0.4) is 0 Å². The number of nitrogens with one attached hydrogen (secondary N) is 1. The number of aromatic nitrogens is 2. The summed E-state index contributed by atoms with van der Waals surface area (Å²) in [6.45, 7) is 2.47. The van der Waals surface area contributed by atoms with E-state index in [1.807, 2.05) is 43.3 Å². The maximum atomic E-state index is 13.0. The third kappa shape index (κ3) is 2.52. The predicted octanol–water partition coefficient (Wildman–Crippen LogP) is 3.40. The van der Waals surface area contributed by atoms with Crippen LogP contribution in [0.15, 0.2) is 53.4 Å². The number of benzene rings is 2. The van der Waals surface area contributed by atoms with Crippen LogP contribution >= 0.6 is 0 Å². The van der Waals surface area contributed by atoms with E-state index in [2.05, 4.69) is 9.97 Å². The molecule has 5 nitrogen and oxygen atoms in total. The Hall–Kier alpha value is -2.18. The summed E-state index contributed by atoms with van der Waals surface area (Å²) < 4.78 is 27.6. The zero-order valence-corrected chi connectivity index (χ0v) is 14.3. The third-order valence-corrected chi connectivity index (χ3v) is 6.48. The van der Waals surface area contributed by atoms with Crippen LogP contribution in [-0.2, 0) is 10.0 Å². The first-order valence-corrected chi connectivity index (χ1v) is 9.53. The highest BCUT2D eigenvalue weighted by Crippen LogP contribution is 2.36. The summed E-state index contributed by atoms with van der Waals surface area (Å²) in [6, 6.07) is 14.6. The second-order valence-corrected chi connectivity index (χ2v) is 8.12. The number of nitrogens with zero attached hydrogens (tertiary/aromatic N) is 2. The Labute approximate surface area is 141 Å². The van der Waals surface area contributed by atoms with Gasteiger partial charge in [-0.1, -0.05) is 29.8 Å². The molecule has 1 fully saturated rings. The molecule has 1 aromatic heterocycles. The van der Waals surface area contributed by atoms with E-state index in [0.717, 1.165) is 35.3 Å². The molecule has 1 aliphatic rings. The van der Waals surface area contributed by atoms with Gasteiger partial charge in [0.15, 0.2) is 0 Å². The van der Waals surface area contributed by atoms with Crippen molar-refractivity contribution < 1.29 is 8.42 Å². The first-order chi connectivity index (χ1) is 11.6. The van der Waals surface area contributed by atoms with Crippen LogP contribution in [0, 0.1) is 6.92 Å². The van der Waals surface area contributed by atoms with Crippen molar-refractivity contribution in [2.75, 3.05) is 6.54 Å². The molecule has 0 amide bonds. The van der Waals surface area contributed by atoms with Gasteiger partial charge >= 0.3 is 0 Å². The third-order valence-electron chi connectivity index (χ3n) is 4.55. The van der Waals surface area contributed by atoms with E-state index in [1.165, 1.54) is 0 Å². The highest BCUT2D eigenvalue weighted by molar-refractivity contribution is 7.89. The lowest BCUT2D eigenvalue weighted by Gasteiger charge is -2.22. The topological polar surface area (TPSA) is 66.1 Å². The molecule has 0 radical (unpaired) electrons. The van der Waals surface area contributed by atoms with Crippen molar-refractivity contribution in [3.8, 4) is 0 Å². The molecule has 0 bridgehead atoms. The Kier molecular flexibility index (Phi) is 3.66. The molecule has 1 unspecified atom stereocenters. The van der Waals surface area contributed by atoms with Gasteiger partial charge in [-0.15, -0.1) is 0 Å². The van der Waals surface area contributed by atoms with E-state index in [0.29, 0.717) is 11.4 Å². The van der Waals surface area contributed by atoms with E-state index in [1.54, 1.807) is 16.4 Å². The first-order valence-electron chi connectivity index (χ1n) is 8.09. The van der Waals surface area contributed by atoms with Crippen molar-refractivity contribution in [1.29, 1.82) is 0 Å². The molecular weight excluding hydrogens is 322 g/mol. The molecule has 2 aromatic carbocycles. The Balaban J connectivity index is 1.73. The average molecular weight is 341 g/mol. The van der Waals surface area contributed by atoms with E-state index in [4.69, 9.17) is 0 Å². The van der Waals surface area contributed by atoms with Gasteiger partial charge in [0.1, 0.15) is 5.82 Å². The molecule has 2 heterocycles. The number of hydrogen-bond donors (Lipinski definition) is 1. The fraction of sp³-hybridized carbons (Fsp3) is 0.278. The number of aryl methyl sites for hydroxylation is 1. The Morgan fingerprint density at radius 2 is 1.88 bits per heavy atom. The molecule has 1 aliphatic heterocycles. The Morgan fingerprint density at radius 1 is 1.12 bits per heavy atom. The fourth-order valence-electron chi connectivity index (χ4n) is 3.28. The van der Waals surface area contributed by atoms with E-state index >= 15 is 0 Å². The molecule has 3 aromatic rings. The zero-order chi connectivity index (χ0) is 16.7. The summed E-state index contributed by atoms with van der Waals surface area (Å²) >= 11 is 0. The molecule has 24 heavy (non-hydrogen) atoms. The average Bonchev–Trinajstić information content (AvgIpc) is 3.22. The molecule has 4 rings (SSSR count). The molecule has 6 heteroatoms. The van der Waals surface area contributed by atoms with Crippen LogP contribution in [0.5, 0.6) is 0 Å². The van der Waals surface area contributed by atoms with Crippen molar-refractivity contribution in [1.82, 2.24) is 14.3 Å². The lowest BCUT2D eigenvalue weighted by Crippen LogP contribution is -2.31. The van der Waals surface area contributed by atoms with E-state index in [9.17, 15) is 8.42 Å². The first kappa shape index (κ1) is 15.4. The standard InChI is InChI=1S/C18H19N3O2S/c1-13-8-10-14(11-9-13)24(22,23)21-12-4-7-17(21)18-19-15-5-2-3-6-16(15)20-18/h2-3,5-6,8-11,17H,4,7,12H2,1H3,(H,19,20). The summed E-state index contributed by atoms with van der Waals surface area (Å²) in [4.78, 5) is 8.23. The number of hydrogen-bond acceptors (Lipinski definition) is 3. The molecule has 1 saturated heterocycles. The van der Waals surface area contributed by atoms with Gasteiger partial charge in [0.05, 0.1) is 22.0 Å². The monoisotopic (exact) mass is 341 g/mol. The predicted molar refractivity (Wildman–Crippen MR) is 93.1 cm³/mol. The minimum atomic E-state index is -3.52. The quantitative estimate of drug-likeness (QED) is 0.794. The number of aromatic amines is 1. The lowest BCUT2D eigenvalue weighted by atomic mass is 10.2. The molecule has 1 atom stereocenters. The zero-order valence-electron chi connectivity index (χ0n) is 13.4. The van der Waals surface area contributed by atoms with Crippen LogP contribution in [0.1, 0.15) is 30.3 Å². The fourth-order valence-corrected chi connectivity index (χ4v) is 4.94. The minimum Gasteiger partial charge on any atom is -0.341 e. The van der Waals surface area contributed by atoms with Crippen LogP contribution in [0.2, 0.25) is 0 Å². The van der Waals surface area contributed by atoms with Gasteiger partial charge in [-0.05, 0) is 44.0 Å². The molecule has 0 saturated carbocycles. The number of H-pyrrole nitrogens is 1. The summed E-state index contributed by atoms with van der Waals surface area (Å²) in [7, 11) is -3.52. The van der Waals surface area contributed by atoms with Crippen LogP contribution < -0.4 is 0 Å². The summed E-state index contributed by atoms with van der Waals surface area (Å²) in [5.74, 6) is 0.726. The van der Waals surface area contributed by atoms with Crippen LogP contribution in [0.4, 0.5) is 0 Å². The smallest absolute Gasteiger partial charge is 0.243 e. The van der Waals surface area contributed by atoms with Crippen molar-refractivity contribution in [2.24, 2.45) is 0 Å². The molecular formula is C18H19N3O2S. The van der Waals surface area contributed by atoms with Crippen molar-refractivity contribution in [2.45, 2.75) is 30.7 Å². The normalized spacial score (nSPS) is 19.1. The Morgan fingerprint density at radius 3 is 2.62 bits per heavy atom. The maximum absolute atomic E-state index is 13.0. The molecule has 0 spiro atoms. The summed E-state index contributed by atoms with van der Waals surface area (Å²) in [6.07, 6.45) is 1.62. The number of fused-ring (bicyclic) bond motifs is 1. The lowest BCUT2D eigenvalue weighted by molar-refractivity contribution is 0.385. The summed E-state index contributed by atoms with van der Waals surface area (Å²) in [5, 5.41) is 0. The van der Waals surface area contributed by atoms with Gasteiger partial charge in [0, 0.05) is 6.54 Å². The van der Waals surface area contributed by atoms with E-state index in [-0.39, 0.29) is 6.04 Å². The van der Waals surface area contributed by atoms with Gasteiger partial charge in [-0.3, -0.25) is 0 Å². The number of sulfonamides is 1. The minimum absolute atomic E-state index is 0.233. The molecule has 1 N–H and O–H groups in total. The highest BCUT2D eigenvalue weighted by atomic mass is 32.2. The largest absolute Gasteiger partial charge is 0.341 e. The van der Waals surface area contributed by atoms with Gasteiger partial charge in [0.25, 0.3) is 0 Å². The maximum Gasteiger partial charge on any atom is 0.243 e. The van der Waals surface area contributed by atoms with E-state index < -0.39 is 10.0 Å². The van der Waals surface area contributed by atoms with Crippen molar-refractivity contribution in [3.05, 3.63) is 59.9 Å². The van der Waals surface area contributed by atoms with Gasteiger partial charge in [-0.2, -0.15) is 4.31 Å². The van der Waals surface area contributed by atoms with Crippen LogP contribution in [-0.4, -0.2) is 29.2 Å². The van der Waals surface area contributed by atoms with Gasteiger partial charge in [0.2, 0.25) is 10.0 Å². The second kappa shape index (κ2) is 5.72. The highest BCUT2D eigenvalue weighted by Gasteiger charge is 2.37. The van der Waals surface area contributed by atoms with Gasteiger partial charge in [-0.25, -0.2) is 13.4 Å². The number of rotatable bonds is 3.